The molecule has 1 unspecified atom stereocenters. The van der Waals surface area contributed by atoms with Gasteiger partial charge in [0.15, 0.2) is 0 Å². The zero-order chi connectivity index (χ0) is 27.0. The maximum atomic E-state index is 14.3. The highest BCUT2D eigenvalue weighted by molar-refractivity contribution is 5.94. The van der Waals surface area contributed by atoms with Crippen molar-refractivity contribution in [1.82, 2.24) is 15.0 Å². The molecule has 4 aromatic rings. The van der Waals surface area contributed by atoms with Crippen LogP contribution in [-0.4, -0.2) is 32.1 Å². The maximum Gasteiger partial charge on any atom is 0.298 e. The van der Waals surface area contributed by atoms with E-state index < -0.39 is 29.1 Å². The lowest BCUT2D eigenvalue weighted by molar-refractivity contribution is -0.115. The molecule has 0 aliphatic rings. The smallest absolute Gasteiger partial charge is 0.298 e. The number of aliphatic hydroxyl groups is 1. The summed E-state index contributed by atoms with van der Waals surface area (Å²) in [6.07, 6.45) is -1.87. The number of halogens is 4. The average molecular weight is 515 g/mol. The summed E-state index contributed by atoms with van der Waals surface area (Å²) in [5.74, 6) is -4.77. The van der Waals surface area contributed by atoms with Crippen LogP contribution in [0.3, 0.4) is 0 Å². The van der Waals surface area contributed by atoms with Gasteiger partial charge in [0.05, 0.1) is 18.5 Å². The van der Waals surface area contributed by atoms with Crippen molar-refractivity contribution in [1.29, 1.82) is 0 Å². The van der Waals surface area contributed by atoms with Crippen LogP contribution >= 0.6 is 0 Å². The summed E-state index contributed by atoms with van der Waals surface area (Å²) < 4.78 is 57.5. The number of fused-ring (bicyclic) bond motifs is 1. The lowest BCUT2D eigenvalue weighted by Gasteiger charge is -2.25. The van der Waals surface area contributed by atoms with Crippen molar-refractivity contribution in [3.63, 3.8) is 0 Å². The SMILES string of the molecule is CC(O)C(F)(F)c1ccc(CC(=O)Nc2ccc3c(c2)nnn3CC(C)(C)c2cc(F)ccc2F)cc1. The van der Waals surface area contributed by atoms with Gasteiger partial charge in [-0.3, -0.25) is 4.79 Å². The molecule has 0 saturated carbocycles. The quantitative estimate of drug-likeness (QED) is 0.311. The molecule has 1 amide bonds. The van der Waals surface area contributed by atoms with Gasteiger partial charge in [-0.15, -0.1) is 5.10 Å². The number of aliphatic hydroxyl groups excluding tert-OH is 1. The number of hydrogen-bond acceptors (Lipinski definition) is 4. The van der Waals surface area contributed by atoms with Crippen LogP contribution in [0.2, 0.25) is 0 Å². The lowest BCUT2D eigenvalue weighted by Crippen LogP contribution is -2.27. The molecule has 0 spiro atoms. The summed E-state index contributed by atoms with van der Waals surface area (Å²) in [4.78, 5) is 12.5. The number of nitrogens with zero attached hydrogens (tertiary/aromatic N) is 3. The lowest BCUT2D eigenvalue weighted by atomic mass is 9.84. The van der Waals surface area contributed by atoms with E-state index in [0.717, 1.165) is 19.1 Å². The minimum absolute atomic E-state index is 0.0430. The van der Waals surface area contributed by atoms with Crippen molar-refractivity contribution >= 4 is 22.6 Å². The van der Waals surface area contributed by atoms with E-state index in [0.29, 0.717) is 22.3 Å². The van der Waals surface area contributed by atoms with E-state index in [4.69, 9.17) is 0 Å². The molecule has 194 valence electrons. The fourth-order valence-electron chi connectivity index (χ4n) is 4.12. The van der Waals surface area contributed by atoms with Gasteiger partial charge >= 0.3 is 0 Å². The van der Waals surface area contributed by atoms with Gasteiger partial charge in [-0.05, 0) is 54.4 Å². The Morgan fingerprint density at radius 2 is 1.76 bits per heavy atom. The number of rotatable bonds is 8. The molecule has 1 heterocycles. The van der Waals surface area contributed by atoms with Gasteiger partial charge in [-0.1, -0.05) is 43.3 Å². The minimum Gasteiger partial charge on any atom is -0.387 e. The second-order valence-corrected chi connectivity index (χ2v) is 9.68. The zero-order valence-electron chi connectivity index (χ0n) is 20.5. The molecule has 0 radical (unpaired) electrons. The molecule has 3 aromatic carbocycles. The largest absolute Gasteiger partial charge is 0.387 e. The Morgan fingerprint density at radius 1 is 1.05 bits per heavy atom. The van der Waals surface area contributed by atoms with Crippen LogP contribution in [0.5, 0.6) is 0 Å². The van der Waals surface area contributed by atoms with E-state index in [2.05, 4.69) is 15.6 Å². The van der Waals surface area contributed by atoms with Crippen LogP contribution in [0.1, 0.15) is 37.5 Å². The molecule has 1 atom stereocenters. The third-order valence-electron chi connectivity index (χ3n) is 6.23. The first-order valence-electron chi connectivity index (χ1n) is 11.6. The molecular formula is C27H26F4N4O2. The van der Waals surface area contributed by atoms with Gasteiger partial charge in [0.25, 0.3) is 5.92 Å². The monoisotopic (exact) mass is 514 g/mol. The molecule has 4 rings (SSSR count). The van der Waals surface area contributed by atoms with Crippen LogP contribution in [0.15, 0.2) is 60.7 Å². The van der Waals surface area contributed by atoms with Gasteiger partial charge in [0.2, 0.25) is 5.91 Å². The van der Waals surface area contributed by atoms with Gasteiger partial charge in [0.1, 0.15) is 23.3 Å². The molecule has 6 nitrogen and oxygen atoms in total. The number of benzene rings is 3. The molecular weight excluding hydrogens is 488 g/mol. The van der Waals surface area contributed by atoms with Crippen LogP contribution < -0.4 is 5.32 Å². The zero-order valence-corrected chi connectivity index (χ0v) is 20.5. The average Bonchev–Trinajstić information content (AvgIpc) is 3.22. The van der Waals surface area contributed by atoms with Crippen molar-refractivity contribution in [2.45, 2.75) is 51.2 Å². The van der Waals surface area contributed by atoms with E-state index in [9.17, 15) is 27.5 Å². The molecule has 0 aliphatic heterocycles. The highest BCUT2D eigenvalue weighted by atomic mass is 19.3. The number of alkyl halides is 2. The number of nitrogens with one attached hydrogen (secondary N) is 1. The fraction of sp³-hybridized carbons (Fsp3) is 0.296. The predicted octanol–water partition coefficient (Wildman–Crippen LogP) is 5.34. The van der Waals surface area contributed by atoms with Crippen LogP contribution in [-0.2, 0) is 29.1 Å². The molecule has 37 heavy (non-hydrogen) atoms. The van der Waals surface area contributed by atoms with Gasteiger partial charge in [-0.2, -0.15) is 8.78 Å². The van der Waals surface area contributed by atoms with Gasteiger partial charge in [0, 0.05) is 16.7 Å². The summed E-state index contributed by atoms with van der Waals surface area (Å²) in [6.45, 7) is 4.82. The maximum absolute atomic E-state index is 14.3. The Kier molecular flexibility index (Phi) is 7.05. The molecule has 10 heteroatoms. The molecule has 0 aliphatic carbocycles. The number of aromatic nitrogens is 3. The Balaban J connectivity index is 1.45. The highest BCUT2D eigenvalue weighted by Gasteiger charge is 2.37. The normalized spacial score (nSPS) is 13.1. The third-order valence-corrected chi connectivity index (χ3v) is 6.23. The van der Waals surface area contributed by atoms with E-state index >= 15 is 0 Å². The third kappa shape index (κ3) is 5.64. The molecule has 0 bridgehead atoms. The van der Waals surface area contributed by atoms with E-state index in [1.54, 1.807) is 36.7 Å². The number of carbonyl (C=O) groups is 1. The van der Waals surface area contributed by atoms with Crippen LogP contribution in [0, 0.1) is 11.6 Å². The summed E-state index contributed by atoms with van der Waals surface area (Å²) in [5, 5.41) is 20.3. The topological polar surface area (TPSA) is 80.0 Å². The Morgan fingerprint density at radius 3 is 2.43 bits per heavy atom. The second-order valence-electron chi connectivity index (χ2n) is 9.68. The fourth-order valence-corrected chi connectivity index (χ4v) is 4.12. The highest BCUT2D eigenvalue weighted by Crippen LogP contribution is 2.32. The Bertz CT molecular complexity index is 1430. The number of carbonyl (C=O) groups excluding carboxylic acids is 1. The van der Waals surface area contributed by atoms with Crippen molar-refractivity contribution in [3.8, 4) is 0 Å². The minimum atomic E-state index is -3.38. The first-order chi connectivity index (χ1) is 17.4. The van der Waals surface area contributed by atoms with Gasteiger partial charge < -0.3 is 10.4 Å². The van der Waals surface area contributed by atoms with Crippen LogP contribution in [0.4, 0.5) is 23.2 Å². The molecule has 0 saturated heterocycles. The first-order valence-corrected chi connectivity index (χ1v) is 11.6. The standard InChI is InChI=1S/C27H26F4N4O2/c1-16(36)27(30,31)18-6-4-17(5-7-18)12-25(37)32-20-9-11-24-23(14-20)33-34-35(24)15-26(2,3)21-13-19(28)8-10-22(21)29/h4-11,13-14,16,36H,12,15H2,1-3H3,(H,32,37). The Hall–Kier alpha value is -3.79. The van der Waals surface area contributed by atoms with Crippen molar-refractivity contribution < 1.29 is 27.5 Å². The number of anilines is 1. The number of amides is 1. The van der Waals surface area contributed by atoms with E-state index in [1.807, 2.05) is 0 Å². The predicted molar refractivity (Wildman–Crippen MR) is 131 cm³/mol. The van der Waals surface area contributed by atoms with Crippen molar-refractivity contribution in [3.05, 3.63) is 89.0 Å². The van der Waals surface area contributed by atoms with E-state index in [1.165, 1.54) is 30.3 Å². The van der Waals surface area contributed by atoms with Crippen molar-refractivity contribution in [2.75, 3.05) is 5.32 Å². The molecule has 0 fully saturated rings. The molecule has 1 aromatic heterocycles. The Labute approximate surface area is 210 Å². The first kappa shape index (κ1) is 26.3. The summed E-state index contributed by atoms with van der Waals surface area (Å²) in [7, 11) is 0. The van der Waals surface area contributed by atoms with E-state index in [-0.39, 0.29) is 30.0 Å². The summed E-state index contributed by atoms with van der Waals surface area (Å²) in [5.41, 5.74) is 1.26. The van der Waals surface area contributed by atoms with Crippen molar-refractivity contribution in [2.24, 2.45) is 0 Å². The summed E-state index contributed by atoms with van der Waals surface area (Å²) in [6, 6.07) is 13.6. The second kappa shape index (κ2) is 9.93. The molecule has 2 N–H and O–H groups in total. The number of hydrogen-bond donors (Lipinski definition) is 2. The van der Waals surface area contributed by atoms with Crippen LogP contribution in [0.25, 0.3) is 11.0 Å². The summed E-state index contributed by atoms with van der Waals surface area (Å²) >= 11 is 0. The van der Waals surface area contributed by atoms with Gasteiger partial charge in [-0.25, -0.2) is 13.5 Å².